The van der Waals surface area contributed by atoms with Crippen LogP contribution in [0, 0.1) is 0 Å². The quantitative estimate of drug-likeness (QED) is 0.721. The molecule has 3 rings (SSSR count). The molecule has 2 aromatic heterocycles. The van der Waals surface area contributed by atoms with Gasteiger partial charge in [-0.1, -0.05) is 23.2 Å². The number of thiophene rings is 1. The molecule has 8 heteroatoms. The van der Waals surface area contributed by atoms with E-state index in [1.54, 1.807) is 24.6 Å². The van der Waals surface area contributed by atoms with E-state index < -0.39 is 11.5 Å². The SMILES string of the molecule is Cn1c(=O)c(C(=O)Nc2ccc(Cl)cc2Cl)c(O)c2sccc21. The Morgan fingerprint density at radius 2 is 2.04 bits per heavy atom. The number of fused-ring (bicyclic) bond motifs is 1. The number of halogens is 2. The Bertz CT molecular complexity index is 994. The molecule has 0 bridgehead atoms. The zero-order valence-electron chi connectivity index (χ0n) is 11.8. The van der Waals surface area contributed by atoms with Crippen LogP contribution in [0.4, 0.5) is 5.69 Å². The summed E-state index contributed by atoms with van der Waals surface area (Å²) in [4.78, 5) is 24.8. The molecule has 2 N–H and O–H groups in total. The highest BCUT2D eigenvalue weighted by molar-refractivity contribution is 7.17. The summed E-state index contributed by atoms with van der Waals surface area (Å²) in [6, 6.07) is 6.26. The van der Waals surface area contributed by atoms with Crippen LogP contribution in [0.1, 0.15) is 10.4 Å². The van der Waals surface area contributed by atoms with Gasteiger partial charge in [-0.2, -0.15) is 0 Å². The second-order valence-corrected chi connectivity index (χ2v) is 6.56. The van der Waals surface area contributed by atoms with Crippen molar-refractivity contribution in [1.82, 2.24) is 4.57 Å². The van der Waals surface area contributed by atoms with Crippen LogP contribution in [0.15, 0.2) is 34.4 Å². The molecule has 5 nitrogen and oxygen atoms in total. The Hall–Kier alpha value is -2.02. The summed E-state index contributed by atoms with van der Waals surface area (Å²) in [5, 5.41) is 15.2. The summed E-state index contributed by atoms with van der Waals surface area (Å²) >= 11 is 13.1. The van der Waals surface area contributed by atoms with Crippen molar-refractivity contribution < 1.29 is 9.90 Å². The average molecular weight is 369 g/mol. The third kappa shape index (κ3) is 2.69. The Kier molecular flexibility index (Phi) is 4.06. The summed E-state index contributed by atoms with van der Waals surface area (Å²) in [6.45, 7) is 0. The Labute approximate surface area is 144 Å². The Balaban J connectivity index is 2.09. The maximum atomic E-state index is 12.4. The number of aromatic nitrogens is 1. The molecule has 1 amide bonds. The van der Waals surface area contributed by atoms with Crippen LogP contribution in [0.5, 0.6) is 5.75 Å². The zero-order valence-corrected chi connectivity index (χ0v) is 14.1. The number of nitrogens with one attached hydrogen (secondary N) is 1. The molecule has 0 unspecified atom stereocenters. The number of rotatable bonds is 2. The molecule has 0 fully saturated rings. The van der Waals surface area contributed by atoms with Crippen LogP contribution in [0.25, 0.3) is 10.2 Å². The lowest BCUT2D eigenvalue weighted by atomic mass is 10.2. The monoisotopic (exact) mass is 368 g/mol. The minimum atomic E-state index is -0.734. The number of carbonyl (C=O) groups excluding carboxylic acids is 1. The smallest absolute Gasteiger partial charge is 0.267 e. The van der Waals surface area contributed by atoms with Crippen LogP contribution in [0.3, 0.4) is 0 Å². The number of hydrogen-bond acceptors (Lipinski definition) is 4. The number of anilines is 1. The summed E-state index contributed by atoms with van der Waals surface area (Å²) in [6.07, 6.45) is 0. The number of benzene rings is 1. The molecule has 3 aromatic rings. The normalized spacial score (nSPS) is 10.9. The van der Waals surface area contributed by atoms with Gasteiger partial charge in [-0.15, -0.1) is 11.3 Å². The number of carbonyl (C=O) groups is 1. The highest BCUT2D eigenvalue weighted by atomic mass is 35.5. The topological polar surface area (TPSA) is 71.3 Å². The third-order valence-electron chi connectivity index (χ3n) is 3.38. The second-order valence-electron chi connectivity index (χ2n) is 4.80. The first-order chi connectivity index (χ1) is 10.9. The Morgan fingerprint density at radius 3 is 2.74 bits per heavy atom. The van der Waals surface area contributed by atoms with Crippen LogP contribution >= 0.6 is 34.5 Å². The van der Waals surface area contributed by atoms with E-state index in [2.05, 4.69) is 5.32 Å². The first-order valence-electron chi connectivity index (χ1n) is 6.45. The molecule has 0 atom stereocenters. The van der Waals surface area contributed by atoms with Crippen LogP contribution in [-0.2, 0) is 7.05 Å². The summed E-state index contributed by atoms with van der Waals surface area (Å²) in [5.74, 6) is -1.07. The predicted octanol–water partition coefficient (Wildman–Crippen LogP) is 3.86. The zero-order chi connectivity index (χ0) is 16.7. The van der Waals surface area contributed by atoms with Crippen molar-refractivity contribution in [1.29, 1.82) is 0 Å². The van der Waals surface area contributed by atoms with Gasteiger partial charge < -0.3 is 15.0 Å². The van der Waals surface area contributed by atoms with Gasteiger partial charge in [0.2, 0.25) is 0 Å². The fraction of sp³-hybridized carbons (Fsp3) is 0.0667. The van der Waals surface area contributed by atoms with Crippen LogP contribution < -0.4 is 10.9 Å². The van der Waals surface area contributed by atoms with E-state index in [4.69, 9.17) is 23.2 Å². The summed E-state index contributed by atoms with van der Waals surface area (Å²) < 4.78 is 1.80. The highest BCUT2D eigenvalue weighted by Crippen LogP contribution is 2.32. The Morgan fingerprint density at radius 1 is 1.30 bits per heavy atom. The van der Waals surface area contributed by atoms with Gasteiger partial charge in [-0.25, -0.2) is 0 Å². The second kappa shape index (κ2) is 5.88. The first kappa shape index (κ1) is 15.9. The van der Waals surface area contributed by atoms with E-state index in [1.807, 2.05) is 0 Å². The van der Waals surface area contributed by atoms with Gasteiger partial charge in [-0.05, 0) is 29.6 Å². The average Bonchev–Trinajstić information content (AvgIpc) is 2.98. The number of aromatic hydroxyl groups is 1. The largest absolute Gasteiger partial charge is 0.505 e. The van der Waals surface area contributed by atoms with Gasteiger partial charge in [0.15, 0.2) is 5.75 Å². The fourth-order valence-corrected chi connectivity index (χ4v) is 3.54. The minimum absolute atomic E-state index is 0.236. The molecular weight excluding hydrogens is 359 g/mol. The van der Waals surface area contributed by atoms with Gasteiger partial charge in [0.25, 0.3) is 11.5 Å². The number of nitrogens with zero attached hydrogens (tertiary/aromatic N) is 1. The van der Waals surface area contributed by atoms with Crippen LogP contribution in [-0.4, -0.2) is 15.6 Å². The van der Waals surface area contributed by atoms with Crippen LogP contribution in [0.2, 0.25) is 10.0 Å². The van der Waals surface area contributed by atoms with Gasteiger partial charge in [0, 0.05) is 12.1 Å². The van der Waals surface area contributed by atoms with Crippen molar-refractivity contribution in [3.05, 3.63) is 55.6 Å². The molecule has 0 spiro atoms. The summed E-state index contributed by atoms with van der Waals surface area (Å²) in [7, 11) is 1.54. The number of pyridine rings is 1. The molecule has 0 saturated heterocycles. The van der Waals surface area contributed by atoms with Crippen molar-refractivity contribution in [3.8, 4) is 5.75 Å². The van der Waals surface area contributed by atoms with Crippen molar-refractivity contribution in [3.63, 3.8) is 0 Å². The van der Waals surface area contributed by atoms with Crippen molar-refractivity contribution in [2.75, 3.05) is 5.32 Å². The highest BCUT2D eigenvalue weighted by Gasteiger charge is 2.22. The van der Waals surface area contributed by atoms with E-state index in [-0.39, 0.29) is 16.3 Å². The first-order valence-corrected chi connectivity index (χ1v) is 8.09. The maximum absolute atomic E-state index is 12.4. The van der Waals surface area contributed by atoms with E-state index in [0.717, 1.165) is 0 Å². The molecular formula is C15H10Cl2N2O3S. The van der Waals surface area contributed by atoms with E-state index in [1.165, 1.54) is 28.0 Å². The third-order valence-corrected chi connectivity index (χ3v) is 4.84. The lowest BCUT2D eigenvalue weighted by molar-refractivity contribution is 0.102. The number of amides is 1. The van der Waals surface area contributed by atoms with Crippen molar-refractivity contribution in [2.24, 2.45) is 7.05 Å². The van der Waals surface area contributed by atoms with Crippen molar-refractivity contribution >= 4 is 56.3 Å². The minimum Gasteiger partial charge on any atom is -0.505 e. The molecule has 0 saturated carbocycles. The van der Waals surface area contributed by atoms with E-state index in [9.17, 15) is 14.7 Å². The number of aryl methyl sites for hydroxylation is 1. The van der Waals surface area contributed by atoms with Gasteiger partial charge >= 0.3 is 0 Å². The standard InChI is InChI=1S/C15H10Cl2N2O3S/c1-19-10-4-5-23-13(10)12(20)11(15(19)22)14(21)18-9-3-2-7(16)6-8(9)17/h2-6,20H,1H3,(H,18,21). The van der Waals surface area contributed by atoms with Gasteiger partial charge in [0.05, 0.1) is 20.9 Å². The predicted molar refractivity (Wildman–Crippen MR) is 93.1 cm³/mol. The van der Waals surface area contributed by atoms with Gasteiger partial charge in [-0.3, -0.25) is 9.59 Å². The maximum Gasteiger partial charge on any atom is 0.267 e. The number of hydrogen-bond donors (Lipinski definition) is 2. The molecule has 118 valence electrons. The van der Waals surface area contributed by atoms with E-state index >= 15 is 0 Å². The molecule has 0 aliphatic heterocycles. The fourth-order valence-electron chi connectivity index (χ4n) is 2.22. The molecule has 1 aromatic carbocycles. The van der Waals surface area contributed by atoms with Crippen molar-refractivity contribution in [2.45, 2.75) is 0 Å². The molecule has 2 heterocycles. The molecule has 0 radical (unpaired) electrons. The molecule has 0 aliphatic rings. The molecule has 23 heavy (non-hydrogen) atoms. The van der Waals surface area contributed by atoms with E-state index in [0.29, 0.717) is 20.9 Å². The van der Waals surface area contributed by atoms with Gasteiger partial charge in [0.1, 0.15) is 5.56 Å². The lowest BCUT2D eigenvalue weighted by Gasteiger charge is -2.10. The molecule has 0 aliphatic carbocycles. The lowest BCUT2D eigenvalue weighted by Crippen LogP contribution is -2.28. The summed E-state index contributed by atoms with van der Waals surface area (Å²) in [5.41, 5.74) is -0.0446.